The smallest absolute Gasteiger partial charge is 0.238 e. The highest BCUT2D eigenvalue weighted by atomic mass is 35.5. The highest BCUT2D eigenvalue weighted by Crippen LogP contribution is 2.32. The number of anilines is 1. The molecule has 32 heavy (non-hydrogen) atoms. The molecule has 4 rings (SSSR count). The molecule has 0 bridgehead atoms. The van der Waals surface area contributed by atoms with Crippen LogP contribution in [0.3, 0.4) is 0 Å². The number of nitrogens with one attached hydrogen (secondary N) is 1. The average Bonchev–Trinajstić information content (AvgIpc) is 3.22. The monoisotopic (exact) mass is 486 g/mol. The maximum atomic E-state index is 13.2. The van der Waals surface area contributed by atoms with E-state index in [0.29, 0.717) is 49.7 Å². The molecule has 11 nitrogen and oxygen atoms in total. The number of hydrogen-bond acceptors (Lipinski definition) is 9. The van der Waals surface area contributed by atoms with Crippen LogP contribution in [0.15, 0.2) is 12.4 Å². The van der Waals surface area contributed by atoms with E-state index in [1.165, 1.54) is 12.4 Å². The Morgan fingerprint density at radius 1 is 1.09 bits per heavy atom. The molecule has 2 fully saturated rings. The van der Waals surface area contributed by atoms with Gasteiger partial charge in [-0.15, -0.1) is 10.2 Å². The molecule has 2 aliphatic rings. The first-order valence-corrected chi connectivity index (χ1v) is 12.5. The summed E-state index contributed by atoms with van der Waals surface area (Å²) < 4.78 is 47.8. The predicted octanol–water partition coefficient (Wildman–Crippen LogP) is 2.09. The largest absolute Gasteiger partial charge is 0.381 e. The van der Waals surface area contributed by atoms with Crippen LogP contribution in [0.2, 0.25) is 5.02 Å². The average molecular weight is 487 g/mol. The zero-order valence-electron chi connectivity index (χ0n) is 18.0. The molecule has 0 amide bonds. The zero-order chi connectivity index (χ0) is 22.7. The first-order chi connectivity index (χ1) is 15.4. The minimum absolute atomic E-state index is 0.00990. The number of ether oxygens (including phenoxy) is 3. The van der Waals surface area contributed by atoms with Crippen molar-refractivity contribution in [1.82, 2.24) is 24.7 Å². The second-order valence-corrected chi connectivity index (χ2v) is 10.4. The van der Waals surface area contributed by atoms with Gasteiger partial charge >= 0.3 is 0 Å². The molecular weight excluding hydrogens is 460 g/mol. The predicted molar refractivity (Wildman–Crippen MR) is 116 cm³/mol. The van der Waals surface area contributed by atoms with Crippen LogP contribution in [-0.4, -0.2) is 71.4 Å². The molecule has 0 aliphatic carbocycles. The molecule has 0 aromatic carbocycles. The molecule has 2 unspecified atom stereocenters. The molecule has 13 heteroatoms. The van der Waals surface area contributed by atoms with E-state index in [0.717, 1.165) is 12.8 Å². The first-order valence-electron chi connectivity index (χ1n) is 10.6. The van der Waals surface area contributed by atoms with Gasteiger partial charge in [0, 0.05) is 37.6 Å². The highest BCUT2D eigenvalue weighted by Gasteiger charge is 2.34. The molecular formula is C19H27ClN6O5S. The standard InChI is InChI=1S/C19H27ClN6O5S/c1-12(17-21-9-14(20)10-22-17)13(2)32(27,28)25-19-24-23-18(16-11-30-7-8-31-16)26(19)15-3-5-29-6-4-15/h9-10,12-13,15-16H,3-8,11H2,1-2H3,(H,24,25)/t12?,13?,16-/m1/s1. The maximum absolute atomic E-state index is 13.2. The molecule has 0 spiro atoms. The van der Waals surface area contributed by atoms with Gasteiger partial charge in [0.15, 0.2) is 5.82 Å². The Labute approximate surface area is 191 Å². The molecule has 0 radical (unpaired) electrons. The summed E-state index contributed by atoms with van der Waals surface area (Å²) in [6, 6.07) is -0.00990. The normalized spacial score (nSPS) is 22.4. The lowest BCUT2D eigenvalue weighted by Gasteiger charge is -2.29. The molecule has 2 aromatic rings. The van der Waals surface area contributed by atoms with E-state index in [4.69, 9.17) is 25.8 Å². The van der Waals surface area contributed by atoms with Gasteiger partial charge in [-0.2, -0.15) is 0 Å². The minimum atomic E-state index is -3.84. The molecule has 4 heterocycles. The number of halogens is 1. The van der Waals surface area contributed by atoms with Crippen molar-refractivity contribution < 1.29 is 22.6 Å². The number of sulfonamides is 1. The molecule has 2 saturated heterocycles. The third-order valence-electron chi connectivity index (χ3n) is 5.86. The fourth-order valence-electron chi connectivity index (χ4n) is 3.79. The summed E-state index contributed by atoms with van der Waals surface area (Å²) >= 11 is 5.85. The quantitative estimate of drug-likeness (QED) is 0.624. The summed E-state index contributed by atoms with van der Waals surface area (Å²) in [7, 11) is -3.84. The number of hydrogen-bond donors (Lipinski definition) is 1. The Bertz CT molecular complexity index is 1010. The first kappa shape index (κ1) is 23.3. The Kier molecular flexibility index (Phi) is 7.25. The summed E-state index contributed by atoms with van der Waals surface area (Å²) in [5.74, 6) is 0.638. The van der Waals surface area contributed by atoms with E-state index in [1.54, 1.807) is 13.8 Å². The Morgan fingerprint density at radius 2 is 1.81 bits per heavy atom. The van der Waals surface area contributed by atoms with Crippen molar-refractivity contribution in [3.8, 4) is 0 Å². The van der Waals surface area contributed by atoms with Crippen molar-refractivity contribution in [3.63, 3.8) is 0 Å². The molecule has 2 aliphatic heterocycles. The fraction of sp³-hybridized carbons (Fsp3) is 0.684. The summed E-state index contributed by atoms with van der Waals surface area (Å²) in [6.45, 7) is 5.84. The van der Waals surface area contributed by atoms with E-state index < -0.39 is 27.3 Å². The van der Waals surface area contributed by atoms with Crippen LogP contribution in [0.1, 0.15) is 56.4 Å². The van der Waals surface area contributed by atoms with Crippen molar-refractivity contribution in [3.05, 3.63) is 29.1 Å². The van der Waals surface area contributed by atoms with Crippen molar-refractivity contribution in [1.29, 1.82) is 0 Å². The number of nitrogens with zero attached hydrogens (tertiary/aromatic N) is 5. The fourth-order valence-corrected chi connectivity index (χ4v) is 5.13. The molecule has 2 aromatic heterocycles. The van der Waals surface area contributed by atoms with Crippen LogP contribution in [-0.2, 0) is 24.2 Å². The van der Waals surface area contributed by atoms with Gasteiger partial charge in [-0.25, -0.2) is 18.4 Å². The van der Waals surface area contributed by atoms with Gasteiger partial charge < -0.3 is 14.2 Å². The van der Waals surface area contributed by atoms with E-state index in [9.17, 15) is 8.42 Å². The van der Waals surface area contributed by atoms with Crippen molar-refractivity contribution in [2.45, 2.75) is 50.0 Å². The molecule has 3 atom stereocenters. The van der Waals surface area contributed by atoms with E-state index >= 15 is 0 Å². The second-order valence-electron chi connectivity index (χ2n) is 7.93. The van der Waals surface area contributed by atoms with Gasteiger partial charge in [-0.3, -0.25) is 9.29 Å². The SMILES string of the molecule is CC(c1ncc(Cl)cn1)C(C)S(=O)(=O)Nc1nnc([C@H]2COCCO2)n1C1CCOCC1. The molecule has 0 saturated carbocycles. The minimum Gasteiger partial charge on any atom is -0.381 e. The van der Waals surface area contributed by atoms with Crippen LogP contribution in [0.5, 0.6) is 0 Å². The van der Waals surface area contributed by atoms with Crippen molar-refractivity contribution in [2.24, 2.45) is 0 Å². The van der Waals surface area contributed by atoms with Gasteiger partial charge in [0.1, 0.15) is 11.9 Å². The van der Waals surface area contributed by atoms with Gasteiger partial charge in [0.2, 0.25) is 16.0 Å². The van der Waals surface area contributed by atoms with Crippen molar-refractivity contribution in [2.75, 3.05) is 37.8 Å². The van der Waals surface area contributed by atoms with E-state index in [1.807, 2.05) is 4.57 Å². The highest BCUT2D eigenvalue weighted by molar-refractivity contribution is 7.93. The zero-order valence-corrected chi connectivity index (χ0v) is 19.5. The summed E-state index contributed by atoms with van der Waals surface area (Å²) in [5, 5.41) is 8.00. The Balaban J connectivity index is 1.60. The second kappa shape index (κ2) is 9.96. The summed E-state index contributed by atoms with van der Waals surface area (Å²) in [6.07, 6.45) is 3.94. The van der Waals surface area contributed by atoms with Crippen LogP contribution in [0.4, 0.5) is 5.95 Å². The van der Waals surface area contributed by atoms with Crippen LogP contribution in [0, 0.1) is 0 Å². The van der Waals surface area contributed by atoms with E-state index in [2.05, 4.69) is 24.9 Å². The molecule has 1 N–H and O–H groups in total. The van der Waals surface area contributed by atoms with E-state index in [-0.39, 0.29) is 12.0 Å². The Hall–Kier alpha value is -1.86. The van der Waals surface area contributed by atoms with Gasteiger partial charge in [0.05, 0.1) is 30.1 Å². The lowest BCUT2D eigenvalue weighted by atomic mass is 10.1. The molecule has 176 valence electrons. The Morgan fingerprint density at radius 3 is 2.47 bits per heavy atom. The van der Waals surface area contributed by atoms with Crippen molar-refractivity contribution >= 4 is 27.6 Å². The third-order valence-corrected chi connectivity index (χ3v) is 7.91. The maximum Gasteiger partial charge on any atom is 0.238 e. The van der Waals surface area contributed by atoms with Gasteiger partial charge in [0.25, 0.3) is 0 Å². The van der Waals surface area contributed by atoms with Crippen LogP contribution in [0.25, 0.3) is 0 Å². The lowest BCUT2D eigenvalue weighted by molar-refractivity contribution is -0.0956. The topological polar surface area (TPSA) is 130 Å². The summed E-state index contributed by atoms with van der Waals surface area (Å²) in [5.41, 5.74) is 0. The van der Waals surface area contributed by atoms with Gasteiger partial charge in [-0.05, 0) is 19.8 Å². The summed E-state index contributed by atoms with van der Waals surface area (Å²) in [4.78, 5) is 8.33. The van der Waals surface area contributed by atoms with Crippen LogP contribution < -0.4 is 4.72 Å². The lowest BCUT2D eigenvalue weighted by Crippen LogP contribution is -2.33. The van der Waals surface area contributed by atoms with Crippen LogP contribution >= 0.6 is 11.6 Å². The third kappa shape index (κ3) is 5.04. The number of rotatable bonds is 7. The van der Waals surface area contributed by atoms with Gasteiger partial charge in [-0.1, -0.05) is 18.5 Å². The number of aromatic nitrogens is 5.